The second-order valence-electron chi connectivity index (χ2n) is 5.82. The van der Waals surface area contributed by atoms with Crippen LogP contribution in [0.4, 0.5) is 5.69 Å². The summed E-state index contributed by atoms with van der Waals surface area (Å²) in [5.41, 5.74) is 7.63. The van der Waals surface area contributed by atoms with Crippen molar-refractivity contribution in [1.29, 1.82) is 0 Å². The van der Waals surface area contributed by atoms with Crippen LogP contribution in [0.2, 0.25) is 11.5 Å². The Labute approximate surface area is 160 Å². The van der Waals surface area contributed by atoms with Gasteiger partial charge in [0.1, 0.15) is 0 Å². The Balaban J connectivity index is 0.00000220. The van der Waals surface area contributed by atoms with Crippen LogP contribution >= 0.6 is 0 Å². The number of rotatable bonds is 3. The maximum absolute atomic E-state index is 2.76. The Morgan fingerprint density at radius 2 is 1.50 bits per heavy atom. The Kier molecular flexibility index (Phi) is 9.94. The van der Waals surface area contributed by atoms with E-state index in [1.807, 2.05) is 0 Å². The number of nitrogens with zero attached hydrogens (tertiary/aromatic N) is 1. The zero-order valence-electron chi connectivity index (χ0n) is 14.2. The van der Waals surface area contributed by atoms with Crippen LogP contribution in [0.1, 0.15) is 27.7 Å². The van der Waals surface area contributed by atoms with Crippen LogP contribution in [-0.2, 0) is 20.4 Å². The summed E-state index contributed by atoms with van der Waals surface area (Å²) < 4.78 is 2.76. The summed E-state index contributed by atoms with van der Waals surface area (Å²) in [6, 6.07) is 11.1. The number of anilines is 1. The molecule has 0 saturated heterocycles. The van der Waals surface area contributed by atoms with E-state index in [1.165, 1.54) is 16.8 Å². The minimum atomic E-state index is -0.770. The fourth-order valence-corrected chi connectivity index (χ4v) is 14.4. The van der Waals surface area contributed by atoms with Gasteiger partial charge >= 0.3 is 137 Å². The summed E-state index contributed by atoms with van der Waals surface area (Å²) in [6.07, 6.45) is 0. The molecule has 1 atom stereocenters. The van der Waals surface area contributed by atoms with E-state index in [0.29, 0.717) is 5.92 Å². The Hall–Kier alpha value is 0.506. The third kappa shape index (κ3) is 4.76. The van der Waals surface area contributed by atoms with Crippen molar-refractivity contribution >= 4 is 15.7 Å². The molecule has 0 radical (unpaired) electrons. The molecule has 0 amide bonds. The monoisotopic (exact) mass is 476 g/mol. The number of para-hydroxylation sites is 1. The predicted octanol–water partition coefficient (Wildman–Crippen LogP) is -0.990. The predicted molar refractivity (Wildman–Crippen MR) is 86.6 cm³/mol. The zero-order valence-corrected chi connectivity index (χ0v) is 20.2. The summed E-state index contributed by atoms with van der Waals surface area (Å²) in [6.45, 7) is 9.29. The maximum Gasteiger partial charge on any atom is -1.00 e. The molecule has 1 nitrogen and oxygen atoms in total. The Morgan fingerprint density at radius 3 is 1.91 bits per heavy atom. The number of benzene rings is 1. The number of halogens is 2. The molecule has 1 aromatic rings. The van der Waals surface area contributed by atoms with E-state index >= 15 is 0 Å². The molecule has 0 spiro atoms. The molecule has 0 aromatic heterocycles. The van der Waals surface area contributed by atoms with Crippen LogP contribution in [0, 0.1) is 5.92 Å². The third-order valence-corrected chi connectivity index (χ3v) is 15.4. The average molecular weight is 477 g/mol. The first-order valence-corrected chi connectivity index (χ1v) is 20.0. The molecule has 1 aliphatic carbocycles. The topological polar surface area (TPSA) is 3.24 Å². The molecule has 5 heteroatoms. The van der Waals surface area contributed by atoms with E-state index in [-0.39, 0.29) is 24.8 Å². The molecule has 0 bridgehead atoms. The molecule has 0 aliphatic heterocycles. The van der Waals surface area contributed by atoms with Crippen molar-refractivity contribution in [2.45, 2.75) is 39.2 Å². The van der Waals surface area contributed by atoms with E-state index in [0.717, 1.165) is 0 Å². The first kappa shape index (κ1) is 22.5. The molecule has 1 aromatic carbocycles. The van der Waals surface area contributed by atoms with Crippen LogP contribution in [0.3, 0.4) is 0 Å². The van der Waals surface area contributed by atoms with Gasteiger partial charge < -0.3 is 24.8 Å². The second kappa shape index (κ2) is 9.72. The largest absolute Gasteiger partial charge is 1.00 e. The van der Waals surface area contributed by atoms with Crippen molar-refractivity contribution in [2.24, 2.45) is 5.92 Å². The minimum absolute atomic E-state index is 0. The van der Waals surface area contributed by atoms with E-state index in [1.54, 1.807) is 11.3 Å². The Bertz CT molecular complexity index is 604. The molecule has 1 aliphatic rings. The number of allylic oxidation sites excluding steroid dienone is 3. The second-order valence-corrected chi connectivity index (χ2v) is 27.2. The van der Waals surface area contributed by atoms with Crippen molar-refractivity contribution in [2.75, 3.05) is 2.84 Å². The van der Waals surface area contributed by atoms with Gasteiger partial charge in [-0.05, 0) is 0 Å². The maximum atomic E-state index is 2.76. The van der Waals surface area contributed by atoms with Gasteiger partial charge in [0.15, 0.2) is 0 Å². The van der Waals surface area contributed by atoms with Gasteiger partial charge in [0, 0.05) is 0 Å². The van der Waals surface area contributed by atoms with Gasteiger partial charge in [0.05, 0.1) is 0 Å². The average Bonchev–Trinajstić information content (AvgIpc) is 2.62. The van der Waals surface area contributed by atoms with Crippen molar-refractivity contribution in [3.63, 3.8) is 0 Å². The van der Waals surface area contributed by atoms with Crippen LogP contribution in [0.5, 0.6) is 0 Å². The molecule has 0 fully saturated rings. The molecule has 0 heterocycles. The molecule has 1 unspecified atom stereocenters. The zero-order chi connectivity index (χ0) is 14.9. The van der Waals surface area contributed by atoms with E-state index in [9.17, 15) is 0 Å². The van der Waals surface area contributed by atoms with Crippen molar-refractivity contribution in [3.8, 4) is 0 Å². The molecular formula is C17H24Cl2GeNZr. The third-order valence-electron chi connectivity index (χ3n) is 4.19. The SMILES string of the molecule is CC1=C(C)C(C)C([N]([Zr+2]=[Ge]([CH3])[CH3])c2ccccc2)=C1C.[Cl-].[Cl-]. The first-order valence-electron chi connectivity index (χ1n) is 7.24. The molecule has 2 rings (SSSR count). The van der Waals surface area contributed by atoms with Crippen molar-refractivity contribution < 1.29 is 45.2 Å². The van der Waals surface area contributed by atoms with Gasteiger partial charge in [-0.15, -0.1) is 0 Å². The standard InChI is InChI=1S/C15H18N.C2H6Ge.2ClH.Zr/c1-10-11(2)13(4)15(12(10)3)16-14-8-6-5-7-9-14;1-3-2;;;/h5-9,12H,1-4H3;1-2H3;2*1H;/q-1;;;;+3/p-2. The van der Waals surface area contributed by atoms with E-state index < -0.39 is 30.4 Å². The van der Waals surface area contributed by atoms with Crippen molar-refractivity contribution in [3.05, 3.63) is 52.7 Å². The summed E-state index contributed by atoms with van der Waals surface area (Å²) in [4.78, 5) is 0. The van der Waals surface area contributed by atoms with Crippen LogP contribution in [0.15, 0.2) is 52.7 Å². The quantitative estimate of drug-likeness (QED) is 0.506. The van der Waals surface area contributed by atoms with E-state index in [4.69, 9.17) is 0 Å². The molecule has 0 saturated carbocycles. The summed E-state index contributed by atoms with van der Waals surface area (Å²) in [7, 11) is -0.770. The van der Waals surface area contributed by atoms with Crippen molar-refractivity contribution in [1.82, 2.24) is 0 Å². The van der Waals surface area contributed by atoms with Gasteiger partial charge in [0.25, 0.3) is 0 Å². The van der Waals surface area contributed by atoms with Gasteiger partial charge in [-0.1, -0.05) is 0 Å². The van der Waals surface area contributed by atoms with Crippen LogP contribution in [-0.4, -0.2) is 9.98 Å². The van der Waals surface area contributed by atoms with Gasteiger partial charge in [0.2, 0.25) is 0 Å². The number of hydrogen-bond acceptors (Lipinski definition) is 1. The fraction of sp³-hybridized carbons (Fsp3) is 0.412. The molecule has 22 heavy (non-hydrogen) atoms. The first-order chi connectivity index (χ1) is 9.43. The van der Waals surface area contributed by atoms with Gasteiger partial charge in [-0.2, -0.15) is 0 Å². The minimum Gasteiger partial charge on any atom is -1.00 e. The van der Waals surface area contributed by atoms with Gasteiger partial charge in [-0.3, -0.25) is 0 Å². The Morgan fingerprint density at radius 1 is 0.955 bits per heavy atom. The number of hydrogen-bond donors (Lipinski definition) is 0. The molecular weight excluding hydrogens is 453 g/mol. The molecule has 119 valence electrons. The summed E-state index contributed by atoms with van der Waals surface area (Å²) in [5.74, 6) is 5.66. The normalized spacial score (nSPS) is 16.7. The molecule has 0 N–H and O–H groups in total. The van der Waals surface area contributed by atoms with Crippen LogP contribution < -0.4 is 27.7 Å². The summed E-state index contributed by atoms with van der Waals surface area (Å²) in [5, 5.41) is 0. The smallest absolute Gasteiger partial charge is 1.00 e. The van der Waals surface area contributed by atoms with Gasteiger partial charge in [-0.25, -0.2) is 0 Å². The fourth-order valence-electron chi connectivity index (χ4n) is 2.77. The van der Waals surface area contributed by atoms with E-state index in [2.05, 4.69) is 72.4 Å². The van der Waals surface area contributed by atoms with Crippen LogP contribution in [0.25, 0.3) is 0 Å². The summed E-state index contributed by atoms with van der Waals surface area (Å²) >= 11 is -0.474.